The van der Waals surface area contributed by atoms with Crippen molar-refractivity contribution in [3.63, 3.8) is 0 Å². The zero-order valence-electron chi connectivity index (χ0n) is 17.1. The van der Waals surface area contributed by atoms with Gasteiger partial charge in [0.05, 0.1) is 12.7 Å². The average molecular weight is 405 g/mol. The molecule has 0 N–H and O–H groups in total. The van der Waals surface area contributed by atoms with Gasteiger partial charge < -0.3 is 18.8 Å². The highest BCUT2D eigenvalue weighted by atomic mass is 16.5. The van der Waals surface area contributed by atoms with Crippen LogP contribution >= 0.6 is 0 Å². The van der Waals surface area contributed by atoms with Gasteiger partial charge in [-0.2, -0.15) is 0 Å². The number of anilines is 1. The Morgan fingerprint density at radius 1 is 1.10 bits per heavy atom. The largest absolute Gasteiger partial charge is 0.472 e. The second-order valence-electron chi connectivity index (χ2n) is 7.93. The number of fused-ring (bicyclic) bond motifs is 4. The molecule has 6 heteroatoms. The summed E-state index contributed by atoms with van der Waals surface area (Å²) in [7, 11) is 1.37. The molecule has 0 saturated heterocycles. The Hall–Kier alpha value is -3.28. The summed E-state index contributed by atoms with van der Waals surface area (Å²) in [6.07, 6.45) is 3.83. The topological polar surface area (TPSA) is 69.0 Å². The summed E-state index contributed by atoms with van der Waals surface area (Å²) in [6, 6.07) is 9.44. The van der Waals surface area contributed by atoms with Crippen molar-refractivity contribution < 1.29 is 18.7 Å². The van der Waals surface area contributed by atoms with Crippen LogP contribution in [0, 0.1) is 6.92 Å². The van der Waals surface area contributed by atoms with Gasteiger partial charge in [0.15, 0.2) is 6.73 Å². The Morgan fingerprint density at radius 3 is 2.57 bits per heavy atom. The zero-order valence-corrected chi connectivity index (χ0v) is 17.1. The summed E-state index contributed by atoms with van der Waals surface area (Å²) in [4.78, 5) is 26.3. The standard InChI is InChI=1S/C24H23NO5/c1-14-21-16(11-20-18-5-3-4-6-19(18)24(27)30-22(14)20)12-25(13-29-21)17-9-7-15(8-10-17)23(26)28-2/h7-11H,3-6,12-13H2,1-2H3. The lowest BCUT2D eigenvalue weighted by Gasteiger charge is -2.32. The normalized spacial score (nSPS) is 15.3. The van der Waals surface area contributed by atoms with Crippen LogP contribution in [0.1, 0.15) is 45.5 Å². The first-order chi connectivity index (χ1) is 14.6. The molecule has 3 aromatic rings. The van der Waals surface area contributed by atoms with E-state index in [4.69, 9.17) is 13.9 Å². The van der Waals surface area contributed by atoms with E-state index in [0.717, 1.165) is 64.8 Å². The molecule has 0 atom stereocenters. The molecule has 5 rings (SSSR count). The number of methoxy groups -OCH3 is 1. The molecular formula is C24H23NO5. The van der Waals surface area contributed by atoms with Crippen LogP contribution in [-0.2, 0) is 24.1 Å². The van der Waals surface area contributed by atoms with Gasteiger partial charge in [0.1, 0.15) is 11.3 Å². The van der Waals surface area contributed by atoms with Crippen molar-refractivity contribution >= 4 is 22.6 Å². The molecule has 2 heterocycles. The number of esters is 1. The highest BCUT2D eigenvalue weighted by Gasteiger charge is 2.26. The van der Waals surface area contributed by atoms with Crippen molar-refractivity contribution in [2.45, 2.75) is 39.2 Å². The van der Waals surface area contributed by atoms with Gasteiger partial charge in [-0.05, 0) is 68.5 Å². The van der Waals surface area contributed by atoms with Crippen LogP contribution in [0.25, 0.3) is 11.0 Å². The van der Waals surface area contributed by atoms with E-state index in [2.05, 4.69) is 11.0 Å². The number of ether oxygens (including phenoxy) is 2. The number of rotatable bonds is 2. The van der Waals surface area contributed by atoms with Gasteiger partial charge in [0.25, 0.3) is 0 Å². The van der Waals surface area contributed by atoms with Gasteiger partial charge in [-0.3, -0.25) is 0 Å². The maximum atomic E-state index is 12.5. The van der Waals surface area contributed by atoms with Crippen LogP contribution in [0.3, 0.4) is 0 Å². The third kappa shape index (κ3) is 2.95. The Kier molecular flexibility index (Phi) is 4.50. The number of aryl methyl sites for hydroxylation is 2. The van der Waals surface area contributed by atoms with Crippen LogP contribution in [0.4, 0.5) is 5.69 Å². The van der Waals surface area contributed by atoms with Gasteiger partial charge in [0, 0.05) is 34.3 Å². The molecule has 2 aliphatic rings. The smallest absolute Gasteiger partial charge is 0.339 e. The summed E-state index contributed by atoms with van der Waals surface area (Å²) in [5.41, 5.74) is 5.85. The first kappa shape index (κ1) is 18.7. The van der Waals surface area contributed by atoms with Crippen LogP contribution < -0.4 is 15.3 Å². The molecule has 0 spiro atoms. The van der Waals surface area contributed by atoms with Gasteiger partial charge in [-0.25, -0.2) is 9.59 Å². The molecule has 2 aromatic carbocycles. The lowest BCUT2D eigenvalue weighted by molar-refractivity contribution is 0.0600. The Morgan fingerprint density at radius 2 is 1.83 bits per heavy atom. The summed E-state index contributed by atoms with van der Waals surface area (Å²) in [5.74, 6) is 0.444. The first-order valence-electron chi connectivity index (χ1n) is 10.2. The minimum absolute atomic E-state index is 0.205. The Labute approximate surface area is 174 Å². The maximum absolute atomic E-state index is 12.5. The number of carbonyl (C=O) groups is 1. The minimum atomic E-state index is -0.352. The second-order valence-corrected chi connectivity index (χ2v) is 7.93. The van der Waals surface area contributed by atoms with Gasteiger partial charge in [0.2, 0.25) is 0 Å². The number of benzene rings is 2. The molecule has 1 aliphatic heterocycles. The fraction of sp³-hybridized carbons (Fsp3) is 0.333. The van der Waals surface area contributed by atoms with E-state index in [0.29, 0.717) is 24.4 Å². The van der Waals surface area contributed by atoms with Crippen LogP contribution in [0.2, 0.25) is 0 Å². The van der Waals surface area contributed by atoms with Gasteiger partial charge in [-0.15, -0.1) is 0 Å². The summed E-state index contributed by atoms with van der Waals surface area (Å²) in [5, 5.41) is 1.03. The molecular weight excluding hydrogens is 382 g/mol. The molecule has 6 nitrogen and oxygen atoms in total. The van der Waals surface area contributed by atoms with E-state index < -0.39 is 0 Å². The summed E-state index contributed by atoms with van der Waals surface area (Å²) in [6.45, 7) is 3.02. The third-order valence-corrected chi connectivity index (χ3v) is 6.15. The fourth-order valence-electron chi connectivity index (χ4n) is 4.59. The highest BCUT2D eigenvalue weighted by molar-refractivity contribution is 5.90. The van der Waals surface area contributed by atoms with Crippen molar-refractivity contribution in [3.8, 4) is 5.75 Å². The van der Waals surface area contributed by atoms with Crippen molar-refractivity contribution in [1.82, 2.24) is 0 Å². The molecule has 1 aromatic heterocycles. The predicted octanol–water partition coefficient (Wildman–Crippen LogP) is 4.12. The molecule has 1 aliphatic carbocycles. The third-order valence-electron chi connectivity index (χ3n) is 6.15. The summed E-state index contributed by atoms with van der Waals surface area (Å²) >= 11 is 0. The summed E-state index contributed by atoms with van der Waals surface area (Å²) < 4.78 is 16.6. The molecule has 0 amide bonds. The van der Waals surface area contributed by atoms with Crippen LogP contribution in [-0.4, -0.2) is 19.8 Å². The van der Waals surface area contributed by atoms with Crippen molar-refractivity contribution in [1.29, 1.82) is 0 Å². The van der Waals surface area contributed by atoms with E-state index in [1.165, 1.54) is 7.11 Å². The van der Waals surface area contributed by atoms with Crippen molar-refractivity contribution in [2.24, 2.45) is 0 Å². The predicted molar refractivity (Wildman–Crippen MR) is 113 cm³/mol. The van der Waals surface area contributed by atoms with Crippen molar-refractivity contribution in [2.75, 3.05) is 18.7 Å². The van der Waals surface area contributed by atoms with Gasteiger partial charge >= 0.3 is 11.6 Å². The molecule has 154 valence electrons. The van der Waals surface area contributed by atoms with E-state index in [1.807, 2.05) is 19.1 Å². The van der Waals surface area contributed by atoms with E-state index >= 15 is 0 Å². The average Bonchev–Trinajstić information content (AvgIpc) is 2.79. The minimum Gasteiger partial charge on any atom is -0.472 e. The molecule has 0 radical (unpaired) electrons. The highest BCUT2D eigenvalue weighted by Crippen LogP contribution is 2.38. The monoisotopic (exact) mass is 405 g/mol. The Balaban J connectivity index is 1.55. The van der Waals surface area contributed by atoms with Crippen LogP contribution in [0.15, 0.2) is 39.5 Å². The van der Waals surface area contributed by atoms with E-state index in [9.17, 15) is 9.59 Å². The molecule has 30 heavy (non-hydrogen) atoms. The molecule has 0 unspecified atom stereocenters. The number of nitrogens with zero attached hydrogens (tertiary/aromatic N) is 1. The number of hydrogen-bond acceptors (Lipinski definition) is 6. The number of carbonyl (C=O) groups excluding carboxylic acids is 1. The second kappa shape index (κ2) is 7.20. The van der Waals surface area contributed by atoms with E-state index in [1.54, 1.807) is 12.1 Å². The zero-order chi connectivity index (χ0) is 20.8. The SMILES string of the molecule is COC(=O)c1ccc(N2COc3c(cc4c5c(c(=O)oc4c3C)CCCC5)C2)cc1. The van der Waals surface area contributed by atoms with E-state index in [-0.39, 0.29) is 11.6 Å². The first-order valence-corrected chi connectivity index (χ1v) is 10.2. The number of hydrogen-bond donors (Lipinski definition) is 0. The molecule has 0 bridgehead atoms. The fourth-order valence-corrected chi connectivity index (χ4v) is 4.59. The lowest BCUT2D eigenvalue weighted by atomic mass is 9.89. The lowest BCUT2D eigenvalue weighted by Crippen LogP contribution is -2.32. The molecule has 0 saturated carbocycles. The van der Waals surface area contributed by atoms with Crippen LogP contribution in [0.5, 0.6) is 5.75 Å². The van der Waals surface area contributed by atoms with Crippen molar-refractivity contribution in [3.05, 3.63) is 68.6 Å². The van der Waals surface area contributed by atoms with Gasteiger partial charge in [-0.1, -0.05) is 0 Å². The molecule has 0 fully saturated rings. The maximum Gasteiger partial charge on any atom is 0.339 e. The Bertz CT molecular complexity index is 1210. The quantitative estimate of drug-likeness (QED) is 0.472.